The van der Waals surface area contributed by atoms with Crippen molar-refractivity contribution in [3.05, 3.63) is 0 Å². The lowest BCUT2D eigenvalue weighted by Crippen LogP contribution is -2.77. The number of hydrogen-bond donors (Lipinski definition) is 2. The summed E-state index contributed by atoms with van der Waals surface area (Å²) in [5.74, 6) is -1.94. The Morgan fingerprint density at radius 1 is 1.25 bits per heavy atom. The molecule has 32 heavy (non-hydrogen) atoms. The van der Waals surface area contributed by atoms with Crippen LogP contribution in [-0.2, 0) is 28.7 Å². The molecule has 0 aromatic carbocycles. The maximum Gasteiger partial charge on any atom is 0.303 e. The number of hydrogen-bond acceptors (Lipinski definition) is 10. The highest BCUT2D eigenvalue weighted by molar-refractivity contribution is 8.78. The number of carbonyl (C=O) groups is 4. The topological polar surface area (TPSA) is 134 Å². The third kappa shape index (κ3) is 2.16. The molecule has 2 spiro atoms. The van der Waals surface area contributed by atoms with Gasteiger partial charge in [0.1, 0.15) is 5.60 Å². The number of likely N-dealkylation sites (N-methyl/N-ethyl adjacent to an activating group) is 1. The van der Waals surface area contributed by atoms with E-state index in [1.807, 2.05) is 0 Å². The fraction of sp³-hybridized carbons (Fsp3) is 0.800. The van der Waals surface area contributed by atoms with Crippen molar-refractivity contribution in [3.8, 4) is 0 Å². The molecule has 6 rings (SSSR count). The summed E-state index contributed by atoms with van der Waals surface area (Å²) in [6, 6.07) is -0.999. The fourth-order valence-corrected chi connectivity index (χ4v) is 9.75. The number of nitrogens with zero attached hydrogens (tertiary/aromatic N) is 2. The summed E-state index contributed by atoms with van der Waals surface area (Å²) < 4.78 is 11.7. The van der Waals surface area contributed by atoms with Crippen LogP contribution in [0.3, 0.4) is 0 Å². The number of ether oxygens (including phenoxy) is 2. The standard InChI is InChI=1S/C20H26N2O8S2/c1-9-16(3,4)12(25)18(30-9)6-11-17(28,13(18)29-10(2)24)7-19-14(26)21(5)20(8-23,32-31-19)15(27)22(11)19/h9,11,13,23,28H,6-8H2,1-5H3. The van der Waals surface area contributed by atoms with Gasteiger partial charge in [-0.15, -0.1) is 0 Å². The summed E-state index contributed by atoms with van der Waals surface area (Å²) in [6.45, 7) is 5.80. The molecule has 176 valence electrons. The number of piperazine rings is 1. The van der Waals surface area contributed by atoms with E-state index >= 15 is 0 Å². The van der Waals surface area contributed by atoms with Gasteiger partial charge < -0.3 is 29.5 Å². The summed E-state index contributed by atoms with van der Waals surface area (Å²) in [7, 11) is 3.67. The molecule has 2 N–H and O–H groups in total. The van der Waals surface area contributed by atoms with E-state index in [0.717, 1.165) is 21.6 Å². The number of fused-ring (bicyclic) bond motifs is 3. The zero-order valence-corrected chi connectivity index (χ0v) is 20.0. The molecule has 2 amide bonds. The first-order valence-electron chi connectivity index (χ1n) is 10.5. The third-order valence-corrected chi connectivity index (χ3v) is 11.7. The average molecular weight is 487 g/mol. The van der Waals surface area contributed by atoms with Crippen molar-refractivity contribution in [1.29, 1.82) is 0 Å². The van der Waals surface area contributed by atoms with Gasteiger partial charge in [0.05, 0.1) is 24.2 Å². The lowest BCUT2D eigenvalue weighted by molar-refractivity contribution is -0.189. The highest BCUT2D eigenvalue weighted by Gasteiger charge is 2.84. The van der Waals surface area contributed by atoms with E-state index in [1.54, 1.807) is 20.8 Å². The number of Topliss-reactive ketones (excluding diaryl/α,β-unsaturated/α-hetero) is 1. The summed E-state index contributed by atoms with van der Waals surface area (Å²) in [6.07, 6.45) is -2.22. The third-order valence-electron chi connectivity index (χ3n) is 8.10. The minimum Gasteiger partial charge on any atom is -0.456 e. The average Bonchev–Trinajstić information content (AvgIpc) is 3.17. The first kappa shape index (κ1) is 22.5. The lowest BCUT2D eigenvalue weighted by atomic mass is 9.76. The Morgan fingerprint density at radius 2 is 1.91 bits per heavy atom. The van der Waals surface area contributed by atoms with E-state index in [2.05, 4.69) is 0 Å². The van der Waals surface area contributed by atoms with Crippen LogP contribution in [0.15, 0.2) is 0 Å². The van der Waals surface area contributed by atoms with Crippen molar-refractivity contribution in [2.75, 3.05) is 13.7 Å². The summed E-state index contributed by atoms with van der Waals surface area (Å²) in [5.41, 5.74) is -4.41. The van der Waals surface area contributed by atoms with Gasteiger partial charge >= 0.3 is 5.97 Å². The fourth-order valence-electron chi connectivity index (χ4n) is 6.10. The predicted octanol–water partition coefficient (Wildman–Crippen LogP) is -0.341. The van der Waals surface area contributed by atoms with E-state index in [1.165, 1.54) is 23.8 Å². The van der Waals surface area contributed by atoms with E-state index in [-0.39, 0.29) is 18.6 Å². The van der Waals surface area contributed by atoms with Gasteiger partial charge in [-0.3, -0.25) is 19.2 Å². The second-order valence-electron chi connectivity index (χ2n) is 10.0. The lowest BCUT2D eigenvalue weighted by Gasteiger charge is -2.58. The van der Waals surface area contributed by atoms with Crippen LogP contribution in [0.5, 0.6) is 0 Å². The molecule has 5 heterocycles. The molecule has 5 saturated heterocycles. The number of rotatable bonds is 2. The maximum absolute atomic E-state index is 13.7. The number of aliphatic hydroxyl groups excluding tert-OH is 1. The molecule has 6 aliphatic rings. The van der Waals surface area contributed by atoms with Crippen LogP contribution in [0.25, 0.3) is 0 Å². The van der Waals surface area contributed by atoms with Crippen LogP contribution in [0.1, 0.15) is 40.5 Å². The van der Waals surface area contributed by atoms with Gasteiger partial charge in [0.25, 0.3) is 11.8 Å². The van der Waals surface area contributed by atoms with Gasteiger partial charge in [-0.1, -0.05) is 24.6 Å². The van der Waals surface area contributed by atoms with E-state index < -0.39 is 69.0 Å². The molecule has 12 heteroatoms. The molecule has 0 radical (unpaired) electrons. The zero-order chi connectivity index (χ0) is 23.6. The molecule has 6 fully saturated rings. The maximum atomic E-state index is 13.7. The Kier molecular flexibility index (Phi) is 4.35. The van der Waals surface area contributed by atoms with E-state index in [0.29, 0.717) is 0 Å². The molecular weight excluding hydrogens is 460 g/mol. The Labute approximate surface area is 192 Å². The van der Waals surface area contributed by atoms with Crippen LogP contribution < -0.4 is 0 Å². The van der Waals surface area contributed by atoms with Crippen LogP contribution in [0.2, 0.25) is 0 Å². The normalized spacial score (nSPS) is 48.6. The van der Waals surface area contributed by atoms with Gasteiger partial charge in [-0.2, -0.15) is 0 Å². The number of ketones is 1. The first-order valence-corrected chi connectivity index (χ1v) is 12.6. The van der Waals surface area contributed by atoms with Gasteiger partial charge in [0.15, 0.2) is 22.4 Å². The summed E-state index contributed by atoms with van der Waals surface area (Å²) >= 11 is 0. The minimum absolute atomic E-state index is 0.106. The summed E-state index contributed by atoms with van der Waals surface area (Å²) in [5, 5.41) is 22.1. The number of amides is 2. The molecular formula is C20H26N2O8S2. The monoisotopic (exact) mass is 486 g/mol. The molecule has 7 unspecified atom stereocenters. The number of aliphatic hydroxyl groups is 2. The first-order chi connectivity index (χ1) is 14.7. The molecule has 1 aliphatic carbocycles. The second kappa shape index (κ2) is 6.21. The zero-order valence-electron chi connectivity index (χ0n) is 18.4. The molecule has 5 aliphatic heterocycles. The van der Waals surface area contributed by atoms with Crippen LogP contribution in [0, 0.1) is 5.41 Å². The quantitative estimate of drug-likeness (QED) is 0.394. The van der Waals surface area contributed by atoms with Gasteiger partial charge in [0.2, 0.25) is 4.87 Å². The smallest absolute Gasteiger partial charge is 0.303 e. The minimum atomic E-state index is -1.88. The van der Waals surface area contributed by atoms with Crippen LogP contribution >= 0.6 is 21.6 Å². The Bertz CT molecular complexity index is 975. The number of carbonyl (C=O) groups excluding carboxylic acids is 4. The van der Waals surface area contributed by atoms with E-state index in [9.17, 15) is 29.4 Å². The Balaban J connectivity index is 1.67. The molecule has 10 nitrogen and oxygen atoms in total. The SMILES string of the molecule is CC(=O)OC1C2(CC3N4C(=O)C5(CO)SSC4(CC31O)C(=O)N5C)OC(C)C(C)(C)C2=O. The van der Waals surface area contributed by atoms with Crippen molar-refractivity contribution < 1.29 is 38.9 Å². The predicted molar refractivity (Wildman–Crippen MR) is 113 cm³/mol. The van der Waals surface area contributed by atoms with Crippen LogP contribution in [-0.4, -0.2) is 96.4 Å². The van der Waals surface area contributed by atoms with Gasteiger partial charge in [-0.05, 0) is 17.7 Å². The van der Waals surface area contributed by atoms with Gasteiger partial charge in [-0.25, -0.2) is 0 Å². The Hall–Kier alpha value is -1.34. The highest BCUT2D eigenvalue weighted by Crippen LogP contribution is 2.69. The molecule has 0 aromatic rings. The van der Waals surface area contributed by atoms with Crippen molar-refractivity contribution >= 4 is 45.2 Å². The second-order valence-corrected chi connectivity index (χ2v) is 12.7. The molecule has 1 saturated carbocycles. The largest absolute Gasteiger partial charge is 0.456 e. The number of esters is 1. The van der Waals surface area contributed by atoms with Crippen molar-refractivity contribution in [1.82, 2.24) is 9.80 Å². The van der Waals surface area contributed by atoms with Crippen LogP contribution in [0.4, 0.5) is 0 Å². The van der Waals surface area contributed by atoms with E-state index in [4.69, 9.17) is 9.47 Å². The molecule has 2 bridgehead atoms. The molecule has 0 aromatic heterocycles. The highest BCUT2D eigenvalue weighted by atomic mass is 33.1. The molecule has 7 atom stereocenters. The van der Waals surface area contributed by atoms with Crippen molar-refractivity contribution in [2.45, 2.75) is 79.7 Å². The van der Waals surface area contributed by atoms with Crippen molar-refractivity contribution in [3.63, 3.8) is 0 Å². The Morgan fingerprint density at radius 3 is 2.44 bits per heavy atom. The van der Waals surface area contributed by atoms with Crippen molar-refractivity contribution in [2.24, 2.45) is 5.41 Å². The summed E-state index contributed by atoms with van der Waals surface area (Å²) in [4.78, 5) is 52.4. The van der Waals surface area contributed by atoms with Gasteiger partial charge in [0, 0.05) is 26.8 Å².